The summed E-state index contributed by atoms with van der Waals surface area (Å²) >= 11 is 0. The molecule has 1 aliphatic carbocycles. The fraction of sp³-hybridized carbons (Fsp3) is 0.385. The third-order valence-electron chi connectivity index (χ3n) is 3.30. The van der Waals surface area contributed by atoms with E-state index >= 15 is 0 Å². The average Bonchev–Trinajstić information content (AvgIpc) is 3.04. The zero-order valence-electron chi connectivity index (χ0n) is 13.4. The molecule has 0 saturated carbocycles. The number of nitrogens with one attached hydrogen (secondary N) is 2. The molecule has 136 valence electrons. The van der Waals surface area contributed by atoms with Crippen LogP contribution in [-0.2, 0) is 14.8 Å². The van der Waals surface area contributed by atoms with Crippen molar-refractivity contribution in [1.29, 1.82) is 0 Å². The van der Waals surface area contributed by atoms with Gasteiger partial charge in [0.2, 0.25) is 17.7 Å². The maximum Gasteiger partial charge on any atom is 0.335 e. The first-order valence-corrected chi connectivity index (χ1v) is 8.51. The van der Waals surface area contributed by atoms with E-state index in [4.69, 9.17) is 14.6 Å². The summed E-state index contributed by atoms with van der Waals surface area (Å²) in [6.07, 6.45) is 0.562. The zero-order valence-corrected chi connectivity index (χ0v) is 14.2. The van der Waals surface area contributed by atoms with Gasteiger partial charge in [0.25, 0.3) is 10.0 Å². The van der Waals surface area contributed by atoms with E-state index in [1.807, 2.05) is 0 Å². The van der Waals surface area contributed by atoms with E-state index in [2.05, 4.69) is 15.3 Å². The van der Waals surface area contributed by atoms with E-state index < -0.39 is 22.0 Å². The van der Waals surface area contributed by atoms with Gasteiger partial charge in [0.1, 0.15) is 0 Å². The molecule has 0 saturated heterocycles. The topological polar surface area (TPSA) is 157 Å². The largest absolute Gasteiger partial charge is 0.481 e. The molecule has 2 rings (SSSR count). The molecule has 0 aliphatic heterocycles. The Hall–Kier alpha value is -2.89. The number of amides is 2. The Balaban J connectivity index is 2.17. The third kappa shape index (κ3) is 4.35. The van der Waals surface area contributed by atoms with E-state index in [0.29, 0.717) is 6.42 Å². The molecule has 0 aromatic carbocycles. The van der Waals surface area contributed by atoms with Crippen molar-refractivity contribution in [3.8, 4) is 11.8 Å². The second-order valence-electron chi connectivity index (χ2n) is 4.90. The third-order valence-corrected chi connectivity index (χ3v) is 4.85. The minimum absolute atomic E-state index is 0.0493. The minimum Gasteiger partial charge on any atom is -0.481 e. The van der Waals surface area contributed by atoms with Gasteiger partial charge in [-0.2, -0.15) is 9.97 Å². The molecule has 0 unspecified atom stereocenters. The van der Waals surface area contributed by atoms with Crippen LogP contribution in [0.25, 0.3) is 0 Å². The van der Waals surface area contributed by atoms with Gasteiger partial charge in [-0.25, -0.2) is 22.7 Å². The number of anilines is 1. The van der Waals surface area contributed by atoms with Gasteiger partial charge in [-0.1, -0.05) is 0 Å². The van der Waals surface area contributed by atoms with Crippen LogP contribution in [0.5, 0.6) is 11.8 Å². The average molecular weight is 372 g/mol. The van der Waals surface area contributed by atoms with Crippen molar-refractivity contribution >= 4 is 28.0 Å². The molecule has 0 fully saturated rings. The molecule has 11 nitrogen and oxygen atoms in total. The highest BCUT2D eigenvalue weighted by Crippen LogP contribution is 2.29. The van der Waals surface area contributed by atoms with Gasteiger partial charge in [0.05, 0.1) is 30.8 Å². The highest BCUT2D eigenvalue weighted by Gasteiger charge is 2.31. The van der Waals surface area contributed by atoms with Crippen LogP contribution >= 0.6 is 0 Å². The molecule has 0 atom stereocenters. The fourth-order valence-electron chi connectivity index (χ4n) is 2.22. The smallest absolute Gasteiger partial charge is 0.335 e. The zero-order chi connectivity index (χ0) is 18.6. The van der Waals surface area contributed by atoms with E-state index in [9.17, 15) is 18.0 Å². The minimum atomic E-state index is -4.29. The summed E-state index contributed by atoms with van der Waals surface area (Å²) in [5.41, 5.74) is -0.223. The number of sulfonamides is 1. The van der Waals surface area contributed by atoms with Crippen molar-refractivity contribution in [2.24, 2.45) is 0 Å². The van der Waals surface area contributed by atoms with Crippen LogP contribution in [0.1, 0.15) is 19.3 Å². The summed E-state index contributed by atoms with van der Waals surface area (Å²) in [6.45, 7) is 0. The Morgan fingerprint density at radius 1 is 1.16 bits per heavy atom. The van der Waals surface area contributed by atoms with Crippen molar-refractivity contribution in [3.63, 3.8) is 0 Å². The highest BCUT2D eigenvalue weighted by atomic mass is 32.2. The number of nitrogens with zero attached hydrogens (tertiary/aromatic N) is 2. The Kier molecular flexibility index (Phi) is 5.41. The first-order valence-electron chi connectivity index (χ1n) is 7.03. The lowest BCUT2D eigenvalue weighted by atomic mass is 10.2. The molecule has 0 bridgehead atoms. The summed E-state index contributed by atoms with van der Waals surface area (Å²) in [5.74, 6) is -1.38. The molecule has 1 aromatic rings. The van der Waals surface area contributed by atoms with E-state index in [-0.39, 0.29) is 41.0 Å². The maximum atomic E-state index is 12.2. The molecule has 1 aromatic heterocycles. The second kappa shape index (κ2) is 7.34. The summed E-state index contributed by atoms with van der Waals surface area (Å²) in [6, 6.07) is 0.224. The number of urea groups is 1. The van der Waals surface area contributed by atoms with Crippen molar-refractivity contribution in [1.82, 2.24) is 14.7 Å². The van der Waals surface area contributed by atoms with Crippen molar-refractivity contribution in [3.05, 3.63) is 16.5 Å². The van der Waals surface area contributed by atoms with Crippen LogP contribution in [0.4, 0.5) is 10.7 Å². The van der Waals surface area contributed by atoms with Crippen LogP contribution in [0.3, 0.4) is 0 Å². The van der Waals surface area contributed by atoms with Gasteiger partial charge >= 0.3 is 12.0 Å². The number of carbonyl (C=O) groups is 2. The number of carbonyl (C=O) groups excluding carboxylic acids is 1. The number of hydrogen-bond acceptors (Lipinski definition) is 8. The number of methoxy groups -OCH3 is 2. The van der Waals surface area contributed by atoms with Crippen LogP contribution in [0, 0.1) is 0 Å². The normalized spacial score (nSPS) is 14.2. The van der Waals surface area contributed by atoms with Gasteiger partial charge in [0.15, 0.2) is 0 Å². The van der Waals surface area contributed by atoms with Crippen LogP contribution in [0.2, 0.25) is 0 Å². The van der Waals surface area contributed by atoms with Crippen molar-refractivity contribution in [2.45, 2.75) is 19.3 Å². The lowest BCUT2D eigenvalue weighted by Gasteiger charge is -2.10. The molecule has 25 heavy (non-hydrogen) atoms. The predicted molar refractivity (Wildman–Crippen MR) is 84.7 cm³/mol. The number of aromatic nitrogens is 2. The SMILES string of the molecule is COc1cc(OC)nc(NC(=O)NS(=O)(=O)C2=C(C(=O)O)CCC2)n1. The molecule has 2 amide bonds. The molecule has 12 heteroatoms. The molecule has 0 radical (unpaired) electrons. The first kappa shape index (κ1) is 18.4. The number of allylic oxidation sites excluding steroid dienone is 1. The van der Waals surface area contributed by atoms with Gasteiger partial charge in [-0.15, -0.1) is 0 Å². The number of carboxylic acids is 1. The van der Waals surface area contributed by atoms with Gasteiger partial charge in [-0.3, -0.25) is 5.32 Å². The van der Waals surface area contributed by atoms with Crippen molar-refractivity contribution < 1.29 is 32.6 Å². The molecule has 3 N–H and O–H groups in total. The van der Waals surface area contributed by atoms with Gasteiger partial charge in [0, 0.05) is 0 Å². The quantitative estimate of drug-likeness (QED) is 0.645. The predicted octanol–water partition coefficient (Wildman–Crippen LogP) is 0.468. The van der Waals surface area contributed by atoms with Gasteiger partial charge < -0.3 is 14.6 Å². The Bertz CT molecular complexity index is 813. The monoisotopic (exact) mass is 372 g/mol. The molecule has 1 aliphatic rings. The molecule has 0 spiro atoms. The first-order chi connectivity index (χ1) is 11.8. The Labute approximate surface area is 143 Å². The summed E-state index contributed by atoms with van der Waals surface area (Å²) < 4.78 is 36.0. The van der Waals surface area contributed by atoms with Crippen LogP contribution in [0.15, 0.2) is 16.5 Å². The van der Waals surface area contributed by atoms with E-state index in [0.717, 1.165) is 0 Å². The number of aliphatic carboxylic acids is 1. The summed E-state index contributed by atoms with van der Waals surface area (Å²) in [4.78, 5) is 30.3. The Morgan fingerprint density at radius 3 is 2.28 bits per heavy atom. The van der Waals surface area contributed by atoms with Gasteiger partial charge in [-0.05, 0) is 19.3 Å². The lowest BCUT2D eigenvalue weighted by molar-refractivity contribution is -0.132. The highest BCUT2D eigenvalue weighted by molar-refractivity contribution is 7.94. The summed E-state index contributed by atoms with van der Waals surface area (Å²) in [7, 11) is -1.60. The molecular weight excluding hydrogens is 356 g/mol. The number of rotatable bonds is 6. The Morgan fingerprint density at radius 2 is 1.76 bits per heavy atom. The maximum absolute atomic E-state index is 12.2. The fourth-order valence-corrected chi connectivity index (χ4v) is 3.56. The van der Waals surface area contributed by atoms with E-state index in [1.54, 1.807) is 4.72 Å². The molecular formula is C13H16N4O7S. The van der Waals surface area contributed by atoms with Crippen molar-refractivity contribution in [2.75, 3.05) is 19.5 Å². The van der Waals surface area contributed by atoms with E-state index in [1.165, 1.54) is 20.3 Å². The van der Waals surface area contributed by atoms with Crippen LogP contribution in [-0.4, -0.2) is 49.7 Å². The van der Waals surface area contributed by atoms with Crippen LogP contribution < -0.4 is 19.5 Å². The summed E-state index contributed by atoms with van der Waals surface area (Å²) in [5, 5.41) is 11.2. The number of hydrogen-bond donors (Lipinski definition) is 3. The number of ether oxygens (including phenoxy) is 2. The standard InChI is InChI=1S/C13H16N4O7S/c1-23-9-6-10(24-2)15-12(14-9)16-13(20)17-25(21,22)8-5-3-4-7(8)11(18)19/h6H,3-5H2,1-2H3,(H,18,19)(H2,14,15,16,17,20). The lowest BCUT2D eigenvalue weighted by Crippen LogP contribution is -2.36. The number of carboxylic acid groups (broad SMARTS) is 1. The second-order valence-corrected chi connectivity index (χ2v) is 6.60. The molecule has 1 heterocycles.